The summed E-state index contributed by atoms with van der Waals surface area (Å²) in [6.45, 7) is 3.87. The summed E-state index contributed by atoms with van der Waals surface area (Å²) in [6.07, 6.45) is -3.89. The summed E-state index contributed by atoms with van der Waals surface area (Å²) in [5.74, 6) is 0.0871. The Kier molecular flexibility index (Phi) is 9.90. The molecule has 1 saturated heterocycles. The molecule has 1 aliphatic rings. The normalized spacial score (nSPS) is 25.3. The first-order valence-corrected chi connectivity index (χ1v) is 14.2. The lowest BCUT2D eigenvalue weighted by atomic mass is 9.97. The molecule has 1 aromatic carbocycles. The predicted octanol–water partition coefficient (Wildman–Crippen LogP) is 0.713. The number of aliphatic hydroxyl groups excluding tert-OH is 2. The number of aliphatic hydroxyl groups is 3. The Morgan fingerprint density at radius 2 is 1.97 bits per heavy atom. The Bertz CT molecular complexity index is 1270. The first-order chi connectivity index (χ1) is 17.8. The molecule has 0 aliphatic carbocycles. The molecular weight excluding hydrogens is 541 g/mol. The third-order valence-electron chi connectivity index (χ3n) is 5.81. The van der Waals surface area contributed by atoms with Crippen LogP contribution in [-0.2, 0) is 29.7 Å². The first kappa shape index (κ1) is 30.4. The number of ether oxygens (including phenoxy) is 1. The highest BCUT2D eigenvalue weighted by Crippen LogP contribution is 2.50. The van der Waals surface area contributed by atoms with E-state index in [1.807, 2.05) is 11.1 Å². The second kappa shape index (κ2) is 12.4. The van der Waals surface area contributed by atoms with Crippen LogP contribution in [0.25, 0.3) is 0 Å². The maximum absolute atomic E-state index is 13.7. The van der Waals surface area contributed by atoms with Gasteiger partial charge in [0.05, 0.1) is 18.6 Å². The molecule has 3 rings (SSSR count). The highest BCUT2D eigenvalue weighted by molar-refractivity contribution is 8.13. The third kappa shape index (κ3) is 7.29. The summed E-state index contributed by atoms with van der Waals surface area (Å²) >= 11 is 0.891. The van der Waals surface area contributed by atoms with Crippen molar-refractivity contribution in [2.75, 3.05) is 19.0 Å². The van der Waals surface area contributed by atoms with E-state index in [9.17, 15) is 34.3 Å². The van der Waals surface area contributed by atoms with Gasteiger partial charge < -0.3 is 20.1 Å². The summed E-state index contributed by atoms with van der Waals surface area (Å²) in [4.78, 5) is 37.9. The van der Waals surface area contributed by atoms with Crippen LogP contribution in [0.5, 0.6) is 0 Å². The number of nitrogens with zero attached hydrogens (tertiary/aromatic N) is 1. The Morgan fingerprint density at radius 1 is 1.29 bits per heavy atom. The van der Waals surface area contributed by atoms with Gasteiger partial charge in [0.1, 0.15) is 11.7 Å². The fourth-order valence-electron chi connectivity index (χ4n) is 3.39. The average molecular weight is 574 g/mol. The SMILES string of the molecule is CC(C)(CO)C(=O)SCCOP(=O)(NCc1ccccc1)O[C@H]1O[C@@H](n2ccc(=O)[nH]c2=O)[C@](C)(O)[C@@H]1O. The molecule has 2 aromatic rings. The summed E-state index contributed by atoms with van der Waals surface area (Å²) in [6, 6.07) is 9.95. The first-order valence-electron chi connectivity index (χ1n) is 11.7. The molecule has 0 spiro atoms. The molecule has 1 fully saturated rings. The molecule has 0 radical (unpaired) electrons. The molecular formula is C23H32N3O10PS. The fraction of sp³-hybridized carbons (Fsp3) is 0.522. The van der Waals surface area contributed by atoms with Crippen molar-refractivity contribution >= 4 is 24.6 Å². The zero-order valence-electron chi connectivity index (χ0n) is 21.1. The van der Waals surface area contributed by atoms with Crippen LogP contribution in [0.3, 0.4) is 0 Å². The lowest BCUT2D eigenvalue weighted by molar-refractivity contribution is -0.134. The number of hydrogen-bond acceptors (Lipinski definition) is 11. The van der Waals surface area contributed by atoms with Gasteiger partial charge in [0.2, 0.25) is 0 Å². The van der Waals surface area contributed by atoms with E-state index in [0.29, 0.717) is 0 Å². The van der Waals surface area contributed by atoms with E-state index in [4.69, 9.17) is 13.8 Å². The molecule has 15 heteroatoms. The zero-order valence-corrected chi connectivity index (χ0v) is 22.8. The van der Waals surface area contributed by atoms with Gasteiger partial charge >= 0.3 is 13.4 Å². The van der Waals surface area contributed by atoms with Crippen LogP contribution in [-0.4, -0.2) is 66.9 Å². The Balaban J connectivity index is 1.76. The van der Waals surface area contributed by atoms with Gasteiger partial charge in [0, 0.05) is 24.6 Å². The van der Waals surface area contributed by atoms with Crippen molar-refractivity contribution < 1.29 is 38.5 Å². The molecule has 0 bridgehead atoms. The largest absolute Gasteiger partial charge is 0.408 e. The number of aromatic amines is 1. The number of carbonyl (C=O) groups excluding carboxylic acids is 1. The second-order valence-corrected chi connectivity index (χ2v) is 12.3. The van der Waals surface area contributed by atoms with Gasteiger partial charge in [-0.2, -0.15) is 0 Å². The molecule has 210 valence electrons. The number of rotatable bonds is 12. The van der Waals surface area contributed by atoms with Crippen LogP contribution in [0.2, 0.25) is 0 Å². The summed E-state index contributed by atoms with van der Waals surface area (Å²) in [5, 5.41) is 33.4. The van der Waals surface area contributed by atoms with Crippen LogP contribution in [0.1, 0.15) is 32.6 Å². The van der Waals surface area contributed by atoms with Gasteiger partial charge in [0.15, 0.2) is 17.6 Å². The van der Waals surface area contributed by atoms with E-state index in [1.165, 1.54) is 6.92 Å². The van der Waals surface area contributed by atoms with E-state index in [0.717, 1.165) is 34.2 Å². The van der Waals surface area contributed by atoms with Crippen molar-refractivity contribution in [2.45, 2.75) is 51.5 Å². The molecule has 1 unspecified atom stereocenters. The van der Waals surface area contributed by atoms with Crippen molar-refractivity contribution in [2.24, 2.45) is 5.41 Å². The lowest BCUT2D eigenvalue weighted by Gasteiger charge is -2.27. The highest BCUT2D eigenvalue weighted by Gasteiger charge is 2.56. The standard InChI is InChI=1S/C23H32N3O10PS/c1-22(2,14-27)20(30)38-12-11-34-37(33,24-13-15-7-5-4-6-8-15)36-18-17(29)23(3,32)19(35-18)26-10-9-16(28)25-21(26)31/h4-10,17-19,27,29,32H,11-14H2,1-3H3,(H,24,33)(H,25,28,31)/t17-,18-,19-,23-,37?/m1/s1. The average Bonchev–Trinajstić information content (AvgIpc) is 3.09. The van der Waals surface area contributed by atoms with Gasteiger partial charge in [0.25, 0.3) is 5.56 Å². The summed E-state index contributed by atoms with van der Waals surface area (Å²) in [5.41, 5.74) is -3.87. The van der Waals surface area contributed by atoms with Gasteiger partial charge in [-0.25, -0.2) is 14.4 Å². The maximum atomic E-state index is 13.7. The minimum Gasteiger partial charge on any atom is -0.395 e. The quantitative estimate of drug-likeness (QED) is 0.177. The van der Waals surface area contributed by atoms with Crippen LogP contribution < -0.4 is 16.3 Å². The molecule has 38 heavy (non-hydrogen) atoms. The zero-order chi connectivity index (χ0) is 28.1. The van der Waals surface area contributed by atoms with Crippen LogP contribution in [0, 0.1) is 5.41 Å². The number of carbonyl (C=O) groups is 1. The molecule has 5 atom stereocenters. The predicted molar refractivity (Wildman–Crippen MR) is 138 cm³/mol. The third-order valence-corrected chi connectivity index (χ3v) is 8.55. The molecule has 1 aromatic heterocycles. The van der Waals surface area contributed by atoms with Gasteiger partial charge in [-0.05, 0) is 26.3 Å². The van der Waals surface area contributed by atoms with Crippen molar-refractivity contribution in [3.8, 4) is 0 Å². The topological polar surface area (TPSA) is 189 Å². The molecule has 2 heterocycles. The minimum absolute atomic E-state index is 0.0454. The number of aromatic nitrogens is 2. The van der Waals surface area contributed by atoms with Crippen LogP contribution in [0.15, 0.2) is 52.2 Å². The number of nitrogens with one attached hydrogen (secondary N) is 2. The molecule has 0 saturated carbocycles. The van der Waals surface area contributed by atoms with Gasteiger partial charge in [-0.15, -0.1) is 0 Å². The number of H-pyrrole nitrogens is 1. The molecule has 0 amide bonds. The van der Waals surface area contributed by atoms with Gasteiger partial charge in [-0.3, -0.25) is 28.2 Å². The summed E-state index contributed by atoms with van der Waals surface area (Å²) in [7, 11) is -4.24. The monoisotopic (exact) mass is 573 g/mol. The van der Waals surface area contributed by atoms with Crippen LogP contribution >= 0.6 is 19.5 Å². The van der Waals surface area contributed by atoms with E-state index in [-0.39, 0.29) is 30.6 Å². The van der Waals surface area contributed by atoms with Crippen molar-refractivity contribution in [1.29, 1.82) is 0 Å². The molecule has 13 nitrogen and oxygen atoms in total. The van der Waals surface area contributed by atoms with Gasteiger partial charge in [-0.1, -0.05) is 42.1 Å². The lowest BCUT2D eigenvalue weighted by Crippen LogP contribution is -2.46. The van der Waals surface area contributed by atoms with Crippen molar-refractivity contribution in [3.63, 3.8) is 0 Å². The summed E-state index contributed by atoms with van der Waals surface area (Å²) < 4.78 is 31.2. The second-order valence-electron chi connectivity index (χ2n) is 9.48. The number of benzene rings is 1. The Labute approximate surface area is 222 Å². The minimum atomic E-state index is -4.24. The molecule has 5 N–H and O–H groups in total. The smallest absolute Gasteiger partial charge is 0.395 e. The molecule has 1 aliphatic heterocycles. The van der Waals surface area contributed by atoms with Crippen LogP contribution in [0.4, 0.5) is 0 Å². The highest BCUT2D eigenvalue weighted by atomic mass is 32.2. The van der Waals surface area contributed by atoms with E-state index in [2.05, 4.69) is 5.09 Å². The van der Waals surface area contributed by atoms with Crippen molar-refractivity contribution in [3.05, 3.63) is 69.0 Å². The Morgan fingerprint density at radius 3 is 2.61 bits per heavy atom. The number of hydrogen-bond donors (Lipinski definition) is 5. The van der Waals surface area contributed by atoms with E-state index < -0.39 is 48.6 Å². The van der Waals surface area contributed by atoms with E-state index >= 15 is 0 Å². The van der Waals surface area contributed by atoms with E-state index in [1.54, 1.807) is 38.1 Å². The van der Waals surface area contributed by atoms with Crippen molar-refractivity contribution in [1.82, 2.24) is 14.6 Å². The maximum Gasteiger partial charge on any atom is 0.408 e. The number of thioether (sulfide) groups is 1. The Hall–Kier alpha value is -2.13. The fourth-order valence-corrected chi connectivity index (χ4v) is 5.69.